The third kappa shape index (κ3) is 6.78. The first-order chi connectivity index (χ1) is 13.5. The van der Waals surface area contributed by atoms with Gasteiger partial charge < -0.3 is 10.4 Å². The van der Waals surface area contributed by atoms with Gasteiger partial charge >= 0.3 is 12.0 Å². The zero-order valence-corrected chi connectivity index (χ0v) is 16.9. The number of anilines is 1. The molecule has 0 heterocycles. The number of urea groups is 1. The molecule has 0 fully saturated rings. The van der Waals surface area contributed by atoms with Crippen molar-refractivity contribution in [2.45, 2.75) is 36.0 Å². The number of carboxylic acid groups (broad SMARTS) is 1. The van der Waals surface area contributed by atoms with E-state index in [1.165, 1.54) is 0 Å². The largest absolute Gasteiger partial charge is 0.481 e. The van der Waals surface area contributed by atoms with Crippen molar-refractivity contribution >= 4 is 29.4 Å². The number of unbranched alkanes of at least 4 members (excludes halogenated alkanes) is 1. The number of nitrogens with one attached hydrogen (secondary N) is 1. The van der Waals surface area contributed by atoms with Crippen LogP contribution in [-0.4, -0.2) is 30.2 Å². The van der Waals surface area contributed by atoms with E-state index in [2.05, 4.69) is 18.8 Å². The Hall–Kier alpha value is -2.73. The molecule has 2 aromatic carbocycles. The van der Waals surface area contributed by atoms with Crippen LogP contribution >= 0.6 is 11.8 Å². The van der Waals surface area contributed by atoms with Gasteiger partial charge in [0.2, 0.25) is 0 Å². The Kier molecular flexibility index (Phi) is 8.62. The summed E-state index contributed by atoms with van der Waals surface area (Å²) in [5.74, 6) is -0.838. The lowest BCUT2D eigenvalue weighted by Crippen LogP contribution is -2.40. The first-order valence-electron chi connectivity index (χ1n) is 9.28. The molecule has 0 radical (unpaired) electrons. The number of benzene rings is 2. The van der Waals surface area contributed by atoms with Crippen LogP contribution in [0.4, 0.5) is 10.5 Å². The summed E-state index contributed by atoms with van der Waals surface area (Å²) in [5, 5.41) is 11.7. The maximum absolute atomic E-state index is 12.5. The predicted molar refractivity (Wildman–Crippen MR) is 114 cm³/mol. The van der Waals surface area contributed by atoms with Crippen molar-refractivity contribution < 1.29 is 14.7 Å². The highest BCUT2D eigenvalue weighted by atomic mass is 32.2. The highest BCUT2D eigenvalue weighted by molar-refractivity contribution is 7.99. The molecule has 2 N–H and O–H groups in total. The van der Waals surface area contributed by atoms with E-state index >= 15 is 0 Å². The zero-order valence-electron chi connectivity index (χ0n) is 16.1. The Bertz CT molecular complexity index is 806. The molecule has 5 nitrogen and oxygen atoms in total. The molecule has 6 heteroatoms. The molecule has 0 aliphatic carbocycles. The van der Waals surface area contributed by atoms with Crippen LogP contribution in [0.5, 0.6) is 0 Å². The van der Waals surface area contributed by atoms with E-state index in [1.807, 2.05) is 48.5 Å². The van der Waals surface area contributed by atoms with Gasteiger partial charge in [0.1, 0.15) is 0 Å². The summed E-state index contributed by atoms with van der Waals surface area (Å²) in [7, 11) is 0. The van der Waals surface area contributed by atoms with Crippen LogP contribution in [0.25, 0.3) is 0 Å². The Balaban J connectivity index is 2.14. The van der Waals surface area contributed by atoms with Gasteiger partial charge in [0.15, 0.2) is 0 Å². The average molecular weight is 399 g/mol. The maximum Gasteiger partial charge on any atom is 0.322 e. The van der Waals surface area contributed by atoms with Crippen LogP contribution in [0.1, 0.15) is 25.3 Å². The summed E-state index contributed by atoms with van der Waals surface area (Å²) in [6, 6.07) is 15.2. The van der Waals surface area contributed by atoms with Crippen molar-refractivity contribution in [3.05, 3.63) is 66.7 Å². The van der Waals surface area contributed by atoms with E-state index in [0.29, 0.717) is 13.1 Å². The van der Waals surface area contributed by atoms with Gasteiger partial charge in [-0.3, -0.25) is 9.69 Å². The third-order valence-corrected chi connectivity index (χ3v) is 5.02. The van der Waals surface area contributed by atoms with Gasteiger partial charge in [0, 0.05) is 28.6 Å². The number of hydrogen-bond acceptors (Lipinski definition) is 3. The molecule has 2 rings (SSSR count). The smallest absolute Gasteiger partial charge is 0.322 e. The number of rotatable bonds is 10. The minimum Gasteiger partial charge on any atom is -0.481 e. The van der Waals surface area contributed by atoms with Crippen LogP contribution in [0.3, 0.4) is 0 Å². The molecule has 0 saturated carbocycles. The summed E-state index contributed by atoms with van der Waals surface area (Å²) in [4.78, 5) is 27.1. The van der Waals surface area contributed by atoms with Gasteiger partial charge in [-0.1, -0.05) is 49.4 Å². The molecule has 0 aliphatic rings. The van der Waals surface area contributed by atoms with Crippen LogP contribution in [0.2, 0.25) is 0 Å². The van der Waals surface area contributed by atoms with E-state index in [-0.39, 0.29) is 12.5 Å². The summed E-state index contributed by atoms with van der Waals surface area (Å²) < 4.78 is 0. The number of hydrogen-bond donors (Lipinski definition) is 2. The first kappa shape index (κ1) is 21.6. The number of aliphatic carboxylic acids is 1. The molecule has 0 unspecified atom stereocenters. The molecule has 0 spiro atoms. The third-order valence-electron chi connectivity index (χ3n) is 4.02. The van der Waals surface area contributed by atoms with E-state index < -0.39 is 5.97 Å². The minimum absolute atomic E-state index is 0.0205. The second-order valence-electron chi connectivity index (χ2n) is 6.29. The van der Waals surface area contributed by atoms with Crippen LogP contribution in [0.15, 0.2) is 71.0 Å². The van der Waals surface area contributed by atoms with Crippen LogP contribution in [-0.2, 0) is 11.2 Å². The standard InChI is InChI=1S/C22H26N2O3S/c1-3-5-14-24(22(27)23-13-4-2)18-7-6-8-20(16-18)28-19-11-9-17(10-12-19)15-21(25)26/h4,6-12,16H,2-3,5,13-15H2,1H3,(H,23,27)(H,25,26). The van der Waals surface area contributed by atoms with E-state index in [4.69, 9.17) is 5.11 Å². The van der Waals surface area contributed by atoms with Crippen molar-refractivity contribution in [2.75, 3.05) is 18.0 Å². The molecule has 0 atom stereocenters. The fraction of sp³-hybridized carbons (Fsp3) is 0.273. The van der Waals surface area contributed by atoms with Gasteiger partial charge in [-0.25, -0.2) is 4.79 Å². The predicted octanol–water partition coefficient (Wildman–Crippen LogP) is 4.97. The molecule has 0 saturated heterocycles. The molecular weight excluding hydrogens is 372 g/mol. The lowest BCUT2D eigenvalue weighted by molar-refractivity contribution is -0.136. The van der Waals surface area contributed by atoms with Crippen molar-refractivity contribution in [1.29, 1.82) is 0 Å². The van der Waals surface area contributed by atoms with E-state index in [0.717, 1.165) is 33.9 Å². The molecule has 0 aromatic heterocycles. The summed E-state index contributed by atoms with van der Waals surface area (Å²) in [6.07, 6.45) is 3.61. The summed E-state index contributed by atoms with van der Waals surface area (Å²) >= 11 is 1.58. The normalized spacial score (nSPS) is 10.3. The Morgan fingerprint density at radius 3 is 2.57 bits per heavy atom. The topological polar surface area (TPSA) is 69.6 Å². The quantitative estimate of drug-likeness (QED) is 0.555. The Labute approximate surface area is 170 Å². The Morgan fingerprint density at radius 2 is 1.93 bits per heavy atom. The fourth-order valence-electron chi connectivity index (χ4n) is 2.62. The van der Waals surface area contributed by atoms with Crippen molar-refractivity contribution in [3.63, 3.8) is 0 Å². The molecule has 0 aliphatic heterocycles. The second-order valence-corrected chi connectivity index (χ2v) is 7.44. The molecule has 2 amide bonds. The summed E-state index contributed by atoms with van der Waals surface area (Å²) in [5.41, 5.74) is 1.62. The molecule has 148 valence electrons. The van der Waals surface area contributed by atoms with E-state index in [9.17, 15) is 9.59 Å². The molecule has 0 bridgehead atoms. The van der Waals surface area contributed by atoms with Gasteiger partial charge in [0.05, 0.1) is 6.42 Å². The number of carbonyl (C=O) groups excluding carboxylic acids is 1. The van der Waals surface area contributed by atoms with Crippen molar-refractivity contribution in [2.24, 2.45) is 0 Å². The minimum atomic E-state index is -0.838. The lowest BCUT2D eigenvalue weighted by Gasteiger charge is -2.23. The van der Waals surface area contributed by atoms with Crippen LogP contribution < -0.4 is 10.2 Å². The van der Waals surface area contributed by atoms with Gasteiger partial charge in [-0.15, -0.1) is 6.58 Å². The van der Waals surface area contributed by atoms with E-state index in [1.54, 1.807) is 22.7 Å². The molecule has 28 heavy (non-hydrogen) atoms. The highest BCUT2D eigenvalue weighted by Crippen LogP contribution is 2.31. The highest BCUT2D eigenvalue weighted by Gasteiger charge is 2.15. The SMILES string of the molecule is C=CCNC(=O)N(CCCC)c1cccc(Sc2ccc(CC(=O)O)cc2)c1. The Morgan fingerprint density at radius 1 is 1.18 bits per heavy atom. The number of carbonyl (C=O) groups is 2. The van der Waals surface area contributed by atoms with Gasteiger partial charge in [-0.2, -0.15) is 0 Å². The van der Waals surface area contributed by atoms with Gasteiger partial charge in [0.25, 0.3) is 0 Å². The number of carboxylic acids is 1. The fourth-order valence-corrected chi connectivity index (χ4v) is 3.49. The maximum atomic E-state index is 12.5. The number of nitrogens with zero attached hydrogens (tertiary/aromatic N) is 1. The monoisotopic (exact) mass is 398 g/mol. The van der Waals surface area contributed by atoms with Crippen molar-refractivity contribution in [3.8, 4) is 0 Å². The molecular formula is C22H26N2O3S. The second kappa shape index (κ2) is 11.2. The first-order valence-corrected chi connectivity index (χ1v) is 10.1. The van der Waals surface area contributed by atoms with Gasteiger partial charge in [-0.05, 0) is 42.3 Å². The lowest BCUT2D eigenvalue weighted by atomic mass is 10.2. The van der Waals surface area contributed by atoms with Crippen molar-refractivity contribution in [1.82, 2.24) is 5.32 Å². The number of amides is 2. The van der Waals surface area contributed by atoms with Crippen LogP contribution in [0, 0.1) is 0 Å². The summed E-state index contributed by atoms with van der Waals surface area (Å²) in [6.45, 7) is 6.82. The molecule has 2 aromatic rings. The average Bonchev–Trinajstić information content (AvgIpc) is 2.68. The zero-order chi connectivity index (χ0) is 20.4.